The van der Waals surface area contributed by atoms with E-state index in [4.69, 9.17) is 9.97 Å². The summed E-state index contributed by atoms with van der Waals surface area (Å²) in [5, 5.41) is 7.41. The predicted molar refractivity (Wildman–Crippen MR) is 250 cm³/mol. The fraction of sp³-hybridized carbons (Fsp3) is 0. The molecule has 0 saturated carbocycles. The first kappa shape index (κ1) is 34.0. The predicted octanol–water partition coefficient (Wildman–Crippen LogP) is 14.5. The van der Waals surface area contributed by atoms with Gasteiger partial charge in [0.25, 0.3) is 0 Å². The van der Waals surface area contributed by atoms with Gasteiger partial charge in [-0.25, -0.2) is 9.97 Å². The Morgan fingerprint density at radius 1 is 0.283 bits per heavy atom. The van der Waals surface area contributed by atoms with Crippen LogP contribution in [0.4, 0.5) is 0 Å². The Balaban J connectivity index is 0.933. The molecular formula is C56H36N4. The standard InChI is InChI=1S/C56H36N4/c1-3-14-44(15-4-1)59-52-21-11-9-19-50(52)57-55(59)39-27-23-37(24-28-39)41-31-33-46-43(35-41)32-34-48-49(46)36-42-13-7-8-18-47(42)54(48)38-25-29-40(30-26-38)56-58-51-20-10-12-22-53(51)60(56)45-16-5-2-6-17-45/h1-36H. The Labute approximate surface area is 346 Å². The molecule has 0 amide bonds. The summed E-state index contributed by atoms with van der Waals surface area (Å²) in [5.74, 6) is 1.86. The van der Waals surface area contributed by atoms with E-state index in [9.17, 15) is 0 Å². The van der Waals surface area contributed by atoms with Gasteiger partial charge < -0.3 is 0 Å². The van der Waals surface area contributed by atoms with Gasteiger partial charge in [-0.05, 0) is 115 Å². The van der Waals surface area contributed by atoms with E-state index in [1.165, 1.54) is 54.6 Å². The summed E-state index contributed by atoms with van der Waals surface area (Å²) >= 11 is 0. The van der Waals surface area contributed by atoms with Crippen LogP contribution in [0.2, 0.25) is 0 Å². The molecule has 0 unspecified atom stereocenters. The van der Waals surface area contributed by atoms with Crippen molar-refractivity contribution in [3.8, 4) is 56.4 Å². The van der Waals surface area contributed by atoms with Crippen molar-refractivity contribution in [3.63, 3.8) is 0 Å². The molecule has 12 rings (SSSR count). The van der Waals surface area contributed by atoms with Crippen LogP contribution in [0.5, 0.6) is 0 Å². The zero-order valence-electron chi connectivity index (χ0n) is 32.6. The van der Waals surface area contributed by atoms with Crippen molar-refractivity contribution < 1.29 is 0 Å². The highest BCUT2D eigenvalue weighted by Gasteiger charge is 2.18. The van der Waals surface area contributed by atoms with Crippen LogP contribution in [0.1, 0.15) is 0 Å². The maximum atomic E-state index is 5.12. The zero-order chi connectivity index (χ0) is 39.6. The van der Waals surface area contributed by atoms with Crippen molar-refractivity contribution >= 4 is 54.4 Å². The number of hydrogen-bond acceptors (Lipinski definition) is 2. The minimum absolute atomic E-state index is 0.931. The normalized spacial score (nSPS) is 11.7. The second-order valence-electron chi connectivity index (χ2n) is 15.4. The molecular weight excluding hydrogens is 729 g/mol. The van der Waals surface area contributed by atoms with Crippen LogP contribution in [0.3, 0.4) is 0 Å². The van der Waals surface area contributed by atoms with Crippen LogP contribution in [0, 0.1) is 0 Å². The summed E-state index contributed by atoms with van der Waals surface area (Å²) in [6, 6.07) is 78.1. The monoisotopic (exact) mass is 764 g/mol. The molecule has 2 aromatic heterocycles. The number of hydrogen-bond donors (Lipinski definition) is 0. The Bertz CT molecular complexity index is 3560. The van der Waals surface area contributed by atoms with Crippen LogP contribution < -0.4 is 0 Å². The van der Waals surface area contributed by atoms with E-state index in [2.05, 4.69) is 221 Å². The van der Waals surface area contributed by atoms with Crippen LogP contribution in [0.25, 0.3) is 111 Å². The van der Waals surface area contributed by atoms with Gasteiger partial charge in [0.1, 0.15) is 11.6 Å². The third-order valence-electron chi connectivity index (χ3n) is 11.9. The molecule has 0 bridgehead atoms. The van der Waals surface area contributed by atoms with Crippen molar-refractivity contribution in [2.45, 2.75) is 0 Å². The Hall–Kier alpha value is -8.08. The lowest BCUT2D eigenvalue weighted by Crippen LogP contribution is -1.97. The Kier molecular flexibility index (Phi) is 7.82. The molecule has 0 saturated heterocycles. The number of benzene rings is 10. The van der Waals surface area contributed by atoms with Crippen molar-refractivity contribution in [3.05, 3.63) is 218 Å². The first-order valence-electron chi connectivity index (χ1n) is 20.4. The van der Waals surface area contributed by atoms with Gasteiger partial charge in [-0.15, -0.1) is 0 Å². The first-order valence-corrected chi connectivity index (χ1v) is 20.4. The van der Waals surface area contributed by atoms with Crippen LogP contribution >= 0.6 is 0 Å². The maximum absolute atomic E-state index is 5.12. The van der Waals surface area contributed by atoms with E-state index in [1.807, 2.05) is 6.07 Å². The molecule has 2 heterocycles. The van der Waals surface area contributed by atoms with Gasteiger partial charge in [-0.1, -0.05) is 158 Å². The highest BCUT2D eigenvalue weighted by atomic mass is 15.1. The molecule has 0 aliphatic carbocycles. The summed E-state index contributed by atoms with van der Waals surface area (Å²) in [7, 11) is 0. The van der Waals surface area contributed by atoms with Crippen molar-refractivity contribution in [1.82, 2.24) is 19.1 Å². The summed E-state index contributed by atoms with van der Waals surface area (Å²) in [6.07, 6.45) is 0. The van der Waals surface area contributed by atoms with Crippen molar-refractivity contribution in [2.24, 2.45) is 0 Å². The third kappa shape index (κ3) is 5.53. The highest BCUT2D eigenvalue weighted by molar-refractivity contribution is 6.20. The van der Waals surface area contributed by atoms with Crippen LogP contribution in [0.15, 0.2) is 218 Å². The quantitative estimate of drug-likeness (QED) is 0.125. The molecule has 0 radical (unpaired) electrons. The summed E-state index contributed by atoms with van der Waals surface area (Å²) < 4.78 is 4.51. The lowest BCUT2D eigenvalue weighted by Gasteiger charge is -2.15. The zero-order valence-corrected chi connectivity index (χ0v) is 32.6. The fourth-order valence-corrected chi connectivity index (χ4v) is 9.08. The molecule has 280 valence electrons. The number of nitrogens with zero attached hydrogens (tertiary/aromatic N) is 4. The number of fused-ring (bicyclic) bond motifs is 6. The third-order valence-corrected chi connectivity index (χ3v) is 11.9. The lowest BCUT2D eigenvalue weighted by atomic mass is 9.89. The summed E-state index contributed by atoms with van der Waals surface area (Å²) in [6.45, 7) is 0. The van der Waals surface area contributed by atoms with Gasteiger partial charge in [0, 0.05) is 22.5 Å². The number of imidazole rings is 2. The van der Waals surface area contributed by atoms with Gasteiger partial charge in [0.2, 0.25) is 0 Å². The van der Waals surface area contributed by atoms with Gasteiger partial charge in [0.05, 0.1) is 22.1 Å². The molecule has 0 N–H and O–H groups in total. The SMILES string of the molecule is c1ccc(-n2c(-c3ccc(-c4ccc5c(ccc6c(-c7ccc(-c8nc9ccccc9n8-c8ccccc8)cc7)c7ccccc7cc65)c4)cc3)nc3ccccc32)cc1. The summed E-state index contributed by atoms with van der Waals surface area (Å²) in [4.78, 5) is 10.2. The average molecular weight is 765 g/mol. The Morgan fingerprint density at radius 3 is 1.37 bits per heavy atom. The molecule has 10 aromatic carbocycles. The van der Waals surface area contributed by atoms with E-state index >= 15 is 0 Å². The highest BCUT2D eigenvalue weighted by Crippen LogP contribution is 2.41. The van der Waals surface area contributed by atoms with Gasteiger partial charge >= 0.3 is 0 Å². The fourth-order valence-electron chi connectivity index (χ4n) is 9.08. The Morgan fingerprint density at radius 2 is 0.750 bits per heavy atom. The van der Waals surface area contributed by atoms with Gasteiger partial charge in [-0.2, -0.15) is 0 Å². The number of rotatable bonds is 6. The summed E-state index contributed by atoms with van der Waals surface area (Å²) in [5.41, 5.74) is 13.3. The molecule has 0 aliphatic heterocycles. The molecule has 0 aliphatic rings. The maximum Gasteiger partial charge on any atom is 0.145 e. The second-order valence-corrected chi connectivity index (χ2v) is 15.4. The molecule has 0 spiro atoms. The molecule has 60 heavy (non-hydrogen) atoms. The largest absolute Gasteiger partial charge is 0.292 e. The minimum atomic E-state index is 0.931. The lowest BCUT2D eigenvalue weighted by molar-refractivity contribution is 1.10. The molecule has 0 atom stereocenters. The van der Waals surface area contributed by atoms with Gasteiger partial charge in [-0.3, -0.25) is 9.13 Å². The van der Waals surface area contributed by atoms with Crippen LogP contribution in [-0.2, 0) is 0 Å². The second kappa shape index (κ2) is 13.8. The van der Waals surface area contributed by atoms with Crippen molar-refractivity contribution in [2.75, 3.05) is 0 Å². The number of aromatic nitrogens is 4. The van der Waals surface area contributed by atoms with Crippen molar-refractivity contribution in [1.29, 1.82) is 0 Å². The molecule has 0 fully saturated rings. The van der Waals surface area contributed by atoms with E-state index in [0.29, 0.717) is 0 Å². The van der Waals surface area contributed by atoms with E-state index < -0.39 is 0 Å². The molecule has 4 heteroatoms. The molecule has 4 nitrogen and oxygen atoms in total. The first-order chi connectivity index (χ1) is 29.7. The number of para-hydroxylation sites is 6. The average Bonchev–Trinajstić information content (AvgIpc) is 3.91. The van der Waals surface area contributed by atoms with E-state index in [0.717, 1.165) is 56.2 Å². The van der Waals surface area contributed by atoms with E-state index in [1.54, 1.807) is 0 Å². The topological polar surface area (TPSA) is 35.6 Å². The minimum Gasteiger partial charge on any atom is -0.292 e. The smallest absolute Gasteiger partial charge is 0.145 e. The van der Waals surface area contributed by atoms with Gasteiger partial charge in [0.15, 0.2) is 0 Å². The molecule has 12 aromatic rings. The van der Waals surface area contributed by atoms with E-state index in [-0.39, 0.29) is 0 Å². The van der Waals surface area contributed by atoms with Crippen LogP contribution in [-0.4, -0.2) is 19.1 Å².